The molecule has 3 rings (SSSR count). The van der Waals surface area contributed by atoms with Gasteiger partial charge in [0, 0.05) is 23.6 Å². The number of fused-ring (bicyclic) bond motifs is 1. The van der Waals surface area contributed by atoms with Crippen LogP contribution in [0.4, 0.5) is 0 Å². The fourth-order valence-corrected chi connectivity index (χ4v) is 2.94. The predicted molar refractivity (Wildman–Crippen MR) is 98.5 cm³/mol. The summed E-state index contributed by atoms with van der Waals surface area (Å²) < 4.78 is 11.0. The van der Waals surface area contributed by atoms with Gasteiger partial charge in [0.05, 0.1) is 7.11 Å². The van der Waals surface area contributed by atoms with Crippen LogP contribution in [0.25, 0.3) is 6.08 Å². The first kappa shape index (κ1) is 18.0. The van der Waals surface area contributed by atoms with Crippen molar-refractivity contribution in [3.8, 4) is 17.2 Å². The molecular formula is C21H22O5. The van der Waals surface area contributed by atoms with E-state index in [9.17, 15) is 15.0 Å². The number of aliphatic hydroxyl groups is 1. The van der Waals surface area contributed by atoms with Gasteiger partial charge in [0.2, 0.25) is 0 Å². The fraction of sp³-hybridized carbons (Fsp3) is 0.286. The summed E-state index contributed by atoms with van der Waals surface area (Å²) >= 11 is 0. The van der Waals surface area contributed by atoms with Gasteiger partial charge in [-0.25, -0.2) is 0 Å². The van der Waals surface area contributed by atoms with Gasteiger partial charge in [-0.2, -0.15) is 0 Å². The molecule has 5 heteroatoms. The van der Waals surface area contributed by atoms with Crippen LogP contribution >= 0.6 is 0 Å². The molecule has 0 amide bonds. The molecule has 2 aromatic carbocycles. The number of aromatic hydroxyl groups is 1. The largest absolute Gasteiger partial charge is 0.508 e. The summed E-state index contributed by atoms with van der Waals surface area (Å²) in [5.74, 6) is 0.703. The lowest BCUT2D eigenvalue weighted by molar-refractivity contribution is -0.126. The SMILES string of the molecule is COc1cc(O)ccc1[C@H](O)C(=O)Cc1ccc2c(c1)C=CC(C)(C)O2. The Kier molecular flexibility index (Phi) is 4.74. The van der Waals surface area contributed by atoms with Crippen LogP contribution in [0.2, 0.25) is 0 Å². The molecule has 136 valence electrons. The summed E-state index contributed by atoms with van der Waals surface area (Å²) in [6.45, 7) is 3.95. The third-order valence-electron chi connectivity index (χ3n) is 4.31. The van der Waals surface area contributed by atoms with Crippen molar-refractivity contribution in [2.45, 2.75) is 32.0 Å². The highest BCUT2D eigenvalue weighted by Crippen LogP contribution is 2.33. The minimum Gasteiger partial charge on any atom is -0.508 e. The minimum absolute atomic E-state index is 0.00893. The van der Waals surface area contributed by atoms with Crippen molar-refractivity contribution in [1.29, 1.82) is 0 Å². The number of carbonyl (C=O) groups excluding carboxylic acids is 1. The van der Waals surface area contributed by atoms with Crippen molar-refractivity contribution in [3.05, 3.63) is 59.2 Å². The summed E-state index contributed by atoms with van der Waals surface area (Å²) in [4.78, 5) is 12.5. The maximum Gasteiger partial charge on any atom is 0.170 e. The highest BCUT2D eigenvalue weighted by molar-refractivity contribution is 5.87. The molecule has 2 aromatic rings. The highest BCUT2D eigenvalue weighted by Gasteiger charge is 2.24. The van der Waals surface area contributed by atoms with Gasteiger partial charge >= 0.3 is 0 Å². The Morgan fingerprint density at radius 3 is 2.73 bits per heavy atom. The summed E-state index contributed by atoms with van der Waals surface area (Å²) in [6, 6.07) is 9.83. The van der Waals surface area contributed by atoms with Crippen LogP contribution in [-0.2, 0) is 11.2 Å². The molecule has 5 nitrogen and oxygen atoms in total. The van der Waals surface area contributed by atoms with Crippen molar-refractivity contribution in [2.75, 3.05) is 7.11 Å². The van der Waals surface area contributed by atoms with Crippen molar-refractivity contribution in [2.24, 2.45) is 0 Å². The lowest BCUT2D eigenvalue weighted by Gasteiger charge is -2.28. The number of phenolic OH excluding ortho intramolecular Hbond substituents is 1. The van der Waals surface area contributed by atoms with Crippen molar-refractivity contribution in [1.82, 2.24) is 0 Å². The number of hydrogen-bond acceptors (Lipinski definition) is 5. The van der Waals surface area contributed by atoms with E-state index in [0.717, 1.165) is 16.9 Å². The highest BCUT2D eigenvalue weighted by atomic mass is 16.5. The topological polar surface area (TPSA) is 76.0 Å². The van der Waals surface area contributed by atoms with Crippen LogP contribution in [0, 0.1) is 0 Å². The number of methoxy groups -OCH3 is 1. The molecule has 0 spiro atoms. The number of phenols is 1. The van der Waals surface area contributed by atoms with E-state index in [0.29, 0.717) is 5.56 Å². The Hall–Kier alpha value is -2.79. The molecular weight excluding hydrogens is 332 g/mol. The van der Waals surface area contributed by atoms with Gasteiger partial charge in [-0.1, -0.05) is 12.1 Å². The quantitative estimate of drug-likeness (QED) is 0.860. The average Bonchev–Trinajstić information content (AvgIpc) is 2.60. The second-order valence-electron chi connectivity index (χ2n) is 6.88. The van der Waals surface area contributed by atoms with E-state index in [-0.39, 0.29) is 29.3 Å². The fourth-order valence-electron chi connectivity index (χ4n) is 2.94. The molecule has 2 N–H and O–H groups in total. The molecule has 0 radical (unpaired) electrons. The Labute approximate surface area is 152 Å². The minimum atomic E-state index is -1.33. The first-order chi connectivity index (χ1) is 12.3. The molecule has 1 aliphatic heterocycles. The summed E-state index contributed by atoms with van der Waals surface area (Å²) in [6.07, 6.45) is 2.70. The zero-order valence-corrected chi connectivity index (χ0v) is 15.0. The van der Waals surface area contributed by atoms with E-state index < -0.39 is 6.10 Å². The van der Waals surface area contributed by atoms with Crippen molar-refractivity contribution >= 4 is 11.9 Å². The normalized spacial score (nSPS) is 15.7. The van der Waals surface area contributed by atoms with E-state index in [1.54, 1.807) is 0 Å². The second-order valence-corrected chi connectivity index (χ2v) is 6.88. The molecule has 0 aromatic heterocycles. The maximum atomic E-state index is 12.5. The Morgan fingerprint density at radius 2 is 2.00 bits per heavy atom. The third kappa shape index (κ3) is 3.73. The molecule has 0 bridgehead atoms. The molecule has 0 saturated carbocycles. The standard InChI is InChI=1S/C21H22O5/c1-21(2)9-8-14-10-13(4-7-18(14)26-21)11-17(23)20(24)16-6-5-15(22)12-19(16)25-3/h4-10,12,20,22,24H,11H2,1-3H3/t20-/m0/s1. The van der Waals surface area contributed by atoms with E-state index in [2.05, 4.69) is 0 Å². The molecule has 0 unspecified atom stereocenters. The lowest BCUT2D eigenvalue weighted by atomic mass is 9.96. The number of aliphatic hydroxyl groups excluding tert-OH is 1. The Bertz CT molecular complexity index is 867. The van der Waals surface area contributed by atoms with Gasteiger partial charge in [0.1, 0.15) is 29.0 Å². The second kappa shape index (κ2) is 6.84. The van der Waals surface area contributed by atoms with Gasteiger partial charge in [0.15, 0.2) is 5.78 Å². The van der Waals surface area contributed by atoms with Crippen LogP contribution in [0.3, 0.4) is 0 Å². The van der Waals surface area contributed by atoms with Gasteiger partial charge in [0.25, 0.3) is 0 Å². The first-order valence-electron chi connectivity index (χ1n) is 8.38. The van der Waals surface area contributed by atoms with Crippen LogP contribution in [0.1, 0.15) is 36.6 Å². The summed E-state index contributed by atoms with van der Waals surface area (Å²) in [7, 11) is 1.42. The maximum absolute atomic E-state index is 12.5. The summed E-state index contributed by atoms with van der Waals surface area (Å²) in [5, 5.41) is 19.9. The number of benzene rings is 2. The molecule has 0 saturated heterocycles. The van der Waals surface area contributed by atoms with Gasteiger partial charge < -0.3 is 19.7 Å². The van der Waals surface area contributed by atoms with Gasteiger partial charge in [-0.15, -0.1) is 0 Å². The van der Waals surface area contributed by atoms with Crippen molar-refractivity contribution < 1.29 is 24.5 Å². The van der Waals surface area contributed by atoms with E-state index in [1.165, 1.54) is 25.3 Å². The van der Waals surface area contributed by atoms with Crippen LogP contribution in [0.5, 0.6) is 17.2 Å². The number of ketones is 1. The van der Waals surface area contributed by atoms with E-state index >= 15 is 0 Å². The molecule has 26 heavy (non-hydrogen) atoms. The van der Waals surface area contributed by atoms with E-state index in [4.69, 9.17) is 9.47 Å². The lowest BCUT2D eigenvalue weighted by Crippen LogP contribution is -2.27. The predicted octanol–water partition coefficient (Wildman–Crippen LogP) is 3.43. The van der Waals surface area contributed by atoms with E-state index in [1.807, 2.05) is 44.2 Å². The molecule has 0 aliphatic carbocycles. The smallest absolute Gasteiger partial charge is 0.170 e. The molecule has 1 heterocycles. The number of hydrogen-bond donors (Lipinski definition) is 2. The van der Waals surface area contributed by atoms with Gasteiger partial charge in [-0.05, 0) is 49.8 Å². The van der Waals surface area contributed by atoms with Crippen LogP contribution in [-0.4, -0.2) is 28.7 Å². The average molecular weight is 354 g/mol. The zero-order valence-electron chi connectivity index (χ0n) is 15.0. The molecule has 0 fully saturated rings. The van der Waals surface area contributed by atoms with Crippen molar-refractivity contribution in [3.63, 3.8) is 0 Å². The van der Waals surface area contributed by atoms with Crippen LogP contribution in [0.15, 0.2) is 42.5 Å². The number of ether oxygens (including phenoxy) is 2. The Balaban J connectivity index is 1.78. The number of rotatable bonds is 5. The first-order valence-corrected chi connectivity index (χ1v) is 8.38. The van der Waals surface area contributed by atoms with Crippen LogP contribution < -0.4 is 9.47 Å². The van der Waals surface area contributed by atoms with Gasteiger partial charge in [-0.3, -0.25) is 4.79 Å². The number of Topliss-reactive ketones (excluding diaryl/α,β-unsaturated/α-hetero) is 1. The molecule has 1 aliphatic rings. The summed E-state index contributed by atoms with van der Waals surface area (Å²) in [5.41, 5.74) is 1.68. The Morgan fingerprint density at radius 1 is 1.23 bits per heavy atom. The molecule has 1 atom stereocenters. The number of carbonyl (C=O) groups is 1. The zero-order chi connectivity index (χ0) is 18.9. The third-order valence-corrected chi connectivity index (χ3v) is 4.31. The monoisotopic (exact) mass is 354 g/mol.